The summed E-state index contributed by atoms with van der Waals surface area (Å²) in [4.78, 5) is 25.1. The Kier molecular flexibility index (Phi) is 4.08. The van der Waals surface area contributed by atoms with E-state index in [4.69, 9.17) is 0 Å². The molecule has 1 rings (SSSR count). The lowest BCUT2D eigenvalue weighted by Gasteiger charge is -2.50. The second kappa shape index (κ2) is 4.90. The van der Waals surface area contributed by atoms with Gasteiger partial charge in [0.25, 0.3) is 0 Å². The third-order valence-corrected chi connectivity index (χ3v) is 4.41. The summed E-state index contributed by atoms with van der Waals surface area (Å²) in [5, 5.41) is 9.69. The van der Waals surface area contributed by atoms with Gasteiger partial charge in [-0.1, -0.05) is 20.8 Å². The molecule has 18 heavy (non-hydrogen) atoms. The van der Waals surface area contributed by atoms with E-state index in [1.165, 1.54) is 11.8 Å². The number of rotatable bonds is 3. The van der Waals surface area contributed by atoms with Crippen LogP contribution in [-0.2, 0) is 9.59 Å². The summed E-state index contributed by atoms with van der Waals surface area (Å²) in [6, 6.07) is 0. The predicted molar refractivity (Wildman–Crippen MR) is 70.2 cm³/mol. The van der Waals surface area contributed by atoms with Gasteiger partial charge in [0.2, 0.25) is 5.91 Å². The van der Waals surface area contributed by atoms with Gasteiger partial charge in [-0.15, -0.1) is 0 Å². The Morgan fingerprint density at radius 2 is 1.89 bits per heavy atom. The molecule has 1 amide bonds. The van der Waals surface area contributed by atoms with E-state index in [-0.39, 0.29) is 17.2 Å². The molecule has 0 bridgehead atoms. The zero-order chi connectivity index (χ0) is 14.1. The minimum absolute atomic E-state index is 0.0254. The minimum Gasteiger partial charge on any atom is -0.479 e. The SMILES string of the molecule is CCN(C(C)=O)C1(C(=O)O)CCC(C)(C)CC1C. The molecule has 0 saturated heterocycles. The third kappa shape index (κ3) is 2.38. The highest BCUT2D eigenvalue weighted by Crippen LogP contribution is 2.46. The maximum absolute atomic E-state index is 11.8. The fourth-order valence-corrected chi connectivity index (χ4v) is 3.50. The summed E-state index contributed by atoms with van der Waals surface area (Å²) in [6.07, 6.45) is 2.22. The van der Waals surface area contributed by atoms with Crippen molar-refractivity contribution in [2.75, 3.05) is 6.54 Å². The van der Waals surface area contributed by atoms with E-state index in [2.05, 4.69) is 13.8 Å². The first-order valence-electron chi connectivity index (χ1n) is 6.69. The predicted octanol–water partition coefficient (Wildman–Crippen LogP) is 2.52. The molecule has 0 radical (unpaired) electrons. The highest BCUT2D eigenvalue weighted by Gasteiger charge is 2.53. The number of aliphatic carboxylic acids is 1. The van der Waals surface area contributed by atoms with Crippen LogP contribution in [0.1, 0.15) is 53.9 Å². The molecule has 2 unspecified atom stereocenters. The van der Waals surface area contributed by atoms with Crippen LogP contribution < -0.4 is 0 Å². The summed E-state index contributed by atoms with van der Waals surface area (Å²) in [5.41, 5.74) is -0.856. The van der Waals surface area contributed by atoms with E-state index in [9.17, 15) is 14.7 Å². The Bertz CT molecular complexity index is 351. The molecule has 1 aliphatic carbocycles. The molecule has 1 fully saturated rings. The van der Waals surface area contributed by atoms with Crippen molar-refractivity contribution in [1.29, 1.82) is 0 Å². The van der Waals surface area contributed by atoms with Crippen molar-refractivity contribution in [2.24, 2.45) is 11.3 Å². The minimum atomic E-state index is -1.02. The fraction of sp³-hybridized carbons (Fsp3) is 0.857. The number of hydrogen-bond acceptors (Lipinski definition) is 2. The van der Waals surface area contributed by atoms with Crippen LogP contribution in [0.5, 0.6) is 0 Å². The van der Waals surface area contributed by atoms with Crippen LogP contribution in [0.15, 0.2) is 0 Å². The van der Waals surface area contributed by atoms with Crippen LogP contribution in [0.4, 0.5) is 0 Å². The first-order chi connectivity index (χ1) is 8.17. The molecule has 1 saturated carbocycles. The number of carbonyl (C=O) groups excluding carboxylic acids is 1. The van der Waals surface area contributed by atoms with Crippen LogP contribution in [-0.4, -0.2) is 34.0 Å². The Hall–Kier alpha value is -1.06. The lowest BCUT2D eigenvalue weighted by atomic mass is 9.63. The van der Waals surface area contributed by atoms with Crippen LogP contribution in [0.2, 0.25) is 0 Å². The Morgan fingerprint density at radius 1 is 1.33 bits per heavy atom. The highest BCUT2D eigenvalue weighted by molar-refractivity contribution is 5.86. The van der Waals surface area contributed by atoms with Gasteiger partial charge < -0.3 is 10.0 Å². The first-order valence-corrected chi connectivity index (χ1v) is 6.69. The number of likely N-dealkylation sites (N-methyl/N-ethyl adjacent to an activating group) is 1. The lowest BCUT2D eigenvalue weighted by Crippen LogP contribution is -2.63. The average molecular weight is 255 g/mol. The van der Waals surface area contributed by atoms with Crippen molar-refractivity contribution >= 4 is 11.9 Å². The number of carboxylic acids is 1. The molecule has 0 aliphatic heterocycles. The van der Waals surface area contributed by atoms with Crippen molar-refractivity contribution < 1.29 is 14.7 Å². The van der Waals surface area contributed by atoms with E-state index >= 15 is 0 Å². The number of carbonyl (C=O) groups is 2. The van der Waals surface area contributed by atoms with Gasteiger partial charge in [-0.05, 0) is 37.5 Å². The quantitative estimate of drug-likeness (QED) is 0.843. The number of carboxylic acid groups (broad SMARTS) is 1. The number of hydrogen-bond donors (Lipinski definition) is 1. The van der Waals surface area contributed by atoms with E-state index in [1.807, 2.05) is 13.8 Å². The van der Waals surface area contributed by atoms with Gasteiger partial charge in [-0.25, -0.2) is 4.79 Å². The molecule has 0 heterocycles. The molecular formula is C14H25NO3. The van der Waals surface area contributed by atoms with Crippen LogP contribution >= 0.6 is 0 Å². The van der Waals surface area contributed by atoms with Gasteiger partial charge in [0, 0.05) is 13.5 Å². The smallest absolute Gasteiger partial charge is 0.329 e. The van der Waals surface area contributed by atoms with Crippen molar-refractivity contribution in [3.05, 3.63) is 0 Å². The monoisotopic (exact) mass is 255 g/mol. The molecule has 1 N–H and O–H groups in total. The first kappa shape index (κ1) is 15.0. The highest BCUT2D eigenvalue weighted by atomic mass is 16.4. The van der Waals surface area contributed by atoms with Gasteiger partial charge in [-0.3, -0.25) is 4.79 Å². The normalized spacial score (nSPS) is 30.8. The van der Waals surface area contributed by atoms with E-state index in [0.717, 1.165) is 12.8 Å². The number of nitrogens with zero attached hydrogens (tertiary/aromatic N) is 1. The molecule has 0 aromatic rings. The van der Waals surface area contributed by atoms with Gasteiger partial charge in [0.15, 0.2) is 0 Å². The van der Waals surface area contributed by atoms with Crippen LogP contribution in [0, 0.1) is 11.3 Å². The maximum Gasteiger partial charge on any atom is 0.329 e. The maximum atomic E-state index is 11.8. The molecule has 0 aromatic carbocycles. The van der Waals surface area contributed by atoms with E-state index in [1.54, 1.807) is 0 Å². The molecule has 1 aliphatic rings. The molecule has 0 spiro atoms. The fourth-order valence-electron chi connectivity index (χ4n) is 3.50. The van der Waals surface area contributed by atoms with E-state index < -0.39 is 11.5 Å². The Morgan fingerprint density at radius 3 is 2.22 bits per heavy atom. The Labute approximate surface area is 109 Å². The zero-order valence-corrected chi connectivity index (χ0v) is 12.1. The van der Waals surface area contributed by atoms with Gasteiger partial charge >= 0.3 is 5.97 Å². The summed E-state index contributed by atoms with van der Waals surface area (Å²) >= 11 is 0. The molecule has 2 atom stereocenters. The second-order valence-electron chi connectivity index (χ2n) is 6.26. The summed E-state index contributed by atoms with van der Waals surface area (Å²) < 4.78 is 0. The standard InChI is InChI=1S/C14H25NO3/c1-6-15(11(3)16)14(12(17)18)8-7-13(4,5)9-10(14)2/h10H,6-9H2,1-5H3,(H,17,18). The summed E-state index contributed by atoms with van der Waals surface area (Å²) in [6.45, 7) is 10.0. The third-order valence-electron chi connectivity index (χ3n) is 4.41. The van der Waals surface area contributed by atoms with Crippen LogP contribution in [0.3, 0.4) is 0 Å². The van der Waals surface area contributed by atoms with Gasteiger partial charge in [0.1, 0.15) is 5.54 Å². The zero-order valence-electron chi connectivity index (χ0n) is 12.1. The number of amides is 1. The summed E-state index contributed by atoms with van der Waals surface area (Å²) in [7, 11) is 0. The van der Waals surface area contributed by atoms with Gasteiger partial charge in [0.05, 0.1) is 0 Å². The molecule has 0 aromatic heterocycles. The van der Waals surface area contributed by atoms with Gasteiger partial charge in [-0.2, -0.15) is 0 Å². The largest absolute Gasteiger partial charge is 0.479 e. The summed E-state index contributed by atoms with van der Waals surface area (Å²) in [5.74, 6) is -1.03. The topological polar surface area (TPSA) is 57.6 Å². The van der Waals surface area contributed by atoms with Crippen molar-refractivity contribution in [3.8, 4) is 0 Å². The molecule has 4 nitrogen and oxygen atoms in total. The van der Waals surface area contributed by atoms with Crippen molar-refractivity contribution in [3.63, 3.8) is 0 Å². The van der Waals surface area contributed by atoms with Crippen molar-refractivity contribution in [1.82, 2.24) is 4.90 Å². The average Bonchev–Trinajstić information content (AvgIpc) is 2.20. The molecule has 104 valence electrons. The van der Waals surface area contributed by atoms with Crippen molar-refractivity contribution in [2.45, 2.75) is 59.4 Å². The second-order valence-corrected chi connectivity index (χ2v) is 6.26. The molecule has 4 heteroatoms. The van der Waals surface area contributed by atoms with Crippen LogP contribution in [0.25, 0.3) is 0 Å². The molecular weight excluding hydrogens is 230 g/mol. The van der Waals surface area contributed by atoms with E-state index in [0.29, 0.717) is 13.0 Å². The Balaban J connectivity index is 3.17. The lowest BCUT2D eigenvalue weighted by molar-refractivity contribution is -0.168.